The summed E-state index contributed by atoms with van der Waals surface area (Å²) in [6.45, 7) is 0.319. The first kappa shape index (κ1) is 9.74. The van der Waals surface area contributed by atoms with Crippen molar-refractivity contribution in [3.8, 4) is 0 Å². The Bertz CT molecular complexity index is 355. The second-order valence-corrected chi connectivity index (χ2v) is 4.69. The van der Waals surface area contributed by atoms with Crippen LogP contribution in [0, 0.1) is 5.41 Å². The van der Waals surface area contributed by atoms with Crippen molar-refractivity contribution in [3.63, 3.8) is 0 Å². The molecule has 0 aromatic carbocycles. The van der Waals surface area contributed by atoms with Crippen LogP contribution >= 0.6 is 23.2 Å². The van der Waals surface area contributed by atoms with Crippen LogP contribution in [0.15, 0.2) is 24.3 Å². The van der Waals surface area contributed by atoms with Crippen molar-refractivity contribution in [2.24, 2.45) is 5.41 Å². The monoisotopic (exact) mass is 231 g/mol. The van der Waals surface area contributed by atoms with E-state index in [0.29, 0.717) is 6.54 Å². The van der Waals surface area contributed by atoms with Gasteiger partial charge in [0.15, 0.2) is 5.78 Å². The van der Waals surface area contributed by atoms with Gasteiger partial charge in [-0.2, -0.15) is 0 Å². The Labute approximate surface area is 90.7 Å². The number of amides is 1. The Balaban J connectivity index is 2.44. The summed E-state index contributed by atoms with van der Waals surface area (Å²) in [5.74, 6) is -0.552. The van der Waals surface area contributed by atoms with E-state index >= 15 is 0 Å². The Morgan fingerprint density at radius 2 is 1.79 bits per heavy atom. The van der Waals surface area contributed by atoms with E-state index in [0.717, 1.165) is 0 Å². The maximum atomic E-state index is 11.3. The molecule has 0 atom stereocenters. The van der Waals surface area contributed by atoms with Crippen LogP contribution in [0.3, 0.4) is 0 Å². The molecule has 2 rings (SSSR count). The first-order valence-corrected chi connectivity index (χ1v) is 4.82. The number of alkyl halides is 2. The van der Waals surface area contributed by atoms with E-state index in [1.807, 2.05) is 0 Å². The van der Waals surface area contributed by atoms with Gasteiger partial charge in [0.05, 0.1) is 5.41 Å². The molecule has 1 amide bonds. The highest BCUT2D eigenvalue weighted by Crippen LogP contribution is 2.47. The second-order valence-electron chi connectivity index (χ2n) is 3.37. The molecule has 1 heterocycles. The third kappa shape index (κ3) is 1.12. The smallest absolute Gasteiger partial charge is 0.257 e. The summed E-state index contributed by atoms with van der Waals surface area (Å²) in [5.41, 5.74) is -0.791. The predicted molar refractivity (Wildman–Crippen MR) is 53.2 cm³/mol. The number of nitrogens with one attached hydrogen (secondary N) is 1. The van der Waals surface area contributed by atoms with E-state index in [1.54, 1.807) is 12.2 Å². The molecular formula is C9H7Cl2NO2. The Hall–Kier alpha value is -0.800. The van der Waals surface area contributed by atoms with Gasteiger partial charge >= 0.3 is 0 Å². The fraction of sp³-hybridized carbons (Fsp3) is 0.333. The molecule has 1 saturated heterocycles. The lowest BCUT2D eigenvalue weighted by Crippen LogP contribution is -2.38. The highest BCUT2D eigenvalue weighted by Gasteiger charge is 2.57. The van der Waals surface area contributed by atoms with Crippen LogP contribution in [0.1, 0.15) is 0 Å². The largest absolute Gasteiger partial charge is 0.352 e. The van der Waals surface area contributed by atoms with E-state index < -0.39 is 15.7 Å². The average Bonchev–Trinajstić information content (AvgIpc) is 2.35. The number of hydrogen-bond donors (Lipinski definition) is 1. The summed E-state index contributed by atoms with van der Waals surface area (Å²) in [7, 11) is 0. The number of hydrogen-bond acceptors (Lipinski definition) is 2. The van der Waals surface area contributed by atoms with Crippen LogP contribution in [0.4, 0.5) is 0 Å². The number of allylic oxidation sites excluding steroid dienone is 2. The summed E-state index contributed by atoms with van der Waals surface area (Å²) < 4.78 is -1.53. The molecule has 3 nitrogen and oxygen atoms in total. The van der Waals surface area contributed by atoms with Crippen LogP contribution in [0.2, 0.25) is 0 Å². The molecule has 14 heavy (non-hydrogen) atoms. The first-order chi connectivity index (χ1) is 6.48. The van der Waals surface area contributed by atoms with Gasteiger partial charge in [0.1, 0.15) is 0 Å². The van der Waals surface area contributed by atoms with Crippen molar-refractivity contribution >= 4 is 34.9 Å². The number of rotatable bonds is 0. The summed E-state index contributed by atoms with van der Waals surface area (Å²) in [5, 5.41) is 2.57. The van der Waals surface area contributed by atoms with E-state index in [4.69, 9.17) is 23.2 Å². The molecule has 1 spiro atoms. The van der Waals surface area contributed by atoms with E-state index in [9.17, 15) is 9.59 Å². The summed E-state index contributed by atoms with van der Waals surface area (Å²) in [4.78, 5) is 22.3. The van der Waals surface area contributed by atoms with Crippen molar-refractivity contribution in [2.75, 3.05) is 6.54 Å². The van der Waals surface area contributed by atoms with E-state index in [1.165, 1.54) is 12.2 Å². The van der Waals surface area contributed by atoms with Crippen molar-refractivity contribution < 1.29 is 9.59 Å². The van der Waals surface area contributed by atoms with Crippen molar-refractivity contribution in [3.05, 3.63) is 24.3 Å². The molecule has 0 saturated carbocycles. The van der Waals surface area contributed by atoms with Gasteiger partial charge < -0.3 is 5.32 Å². The number of carbonyl (C=O) groups is 2. The van der Waals surface area contributed by atoms with Gasteiger partial charge in [-0.1, -0.05) is 35.4 Å². The molecule has 1 N–H and O–H groups in total. The standard InChI is InChI=1S/C9H7Cl2NO2/c10-9(11)7(14)12-5-8(9)3-1-6(13)2-4-8/h1-4H,5H2,(H,12,14). The number of carbonyl (C=O) groups excluding carboxylic acids is 2. The molecule has 1 aliphatic heterocycles. The zero-order valence-electron chi connectivity index (χ0n) is 7.09. The van der Waals surface area contributed by atoms with Gasteiger partial charge in [0.25, 0.3) is 5.91 Å². The topological polar surface area (TPSA) is 46.2 Å². The molecule has 2 aliphatic rings. The zero-order valence-corrected chi connectivity index (χ0v) is 8.60. The van der Waals surface area contributed by atoms with Gasteiger partial charge in [-0.25, -0.2) is 0 Å². The first-order valence-electron chi connectivity index (χ1n) is 4.06. The van der Waals surface area contributed by atoms with E-state index in [-0.39, 0.29) is 5.78 Å². The Kier molecular flexibility index (Phi) is 1.98. The quantitative estimate of drug-likeness (QED) is 0.632. The second kappa shape index (κ2) is 2.84. The Morgan fingerprint density at radius 1 is 1.21 bits per heavy atom. The number of ketones is 1. The Morgan fingerprint density at radius 3 is 2.21 bits per heavy atom. The van der Waals surface area contributed by atoms with Gasteiger partial charge in [-0.3, -0.25) is 9.59 Å². The van der Waals surface area contributed by atoms with Crippen LogP contribution in [-0.4, -0.2) is 22.6 Å². The third-order valence-electron chi connectivity index (χ3n) is 2.50. The van der Waals surface area contributed by atoms with Crippen LogP contribution in [0.25, 0.3) is 0 Å². The summed E-state index contributed by atoms with van der Waals surface area (Å²) in [6.07, 6.45) is 5.90. The maximum Gasteiger partial charge on any atom is 0.257 e. The van der Waals surface area contributed by atoms with Gasteiger partial charge in [-0.15, -0.1) is 0 Å². The molecule has 5 heteroatoms. The minimum absolute atomic E-state index is 0.126. The highest BCUT2D eigenvalue weighted by molar-refractivity contribution is 6.59. The van der Waals surface area contributed by atoms with Crippen LogP contribution < -0.4 is 5.32 Å². The van der Waals surface area contributed by atoms with E-state index in [2.05, 4.69) is 5.32 Å². The fourth-order valence-electron chi connectivity index (χ4n) is 1.56. The van der Waals surface area contributed by atoms with Crippen LogP contribution in [-0.2, 0) is 9.59 Å². The minimum atomic E-state index is -1.53. The van der Waals surface area contributed by atoms with Crippen molar-refractivity contribution in [1.82, 2.24) is 5.32 Å². The summed E-state index contributed by atoms with van der Waals surface area (Å²) >= 11 is 11.9. The molecule has 1 aliphatic carbocycles. The van der Waals surface area contributed by atoms with Crippen molar-refractivity contribution in [1.29, 1.82) is 0 Å². The third-order valence-corrected chi connectivity index (χ3v) is 3.55. The molecule has 0 aromatic rings. The SMILES string of the molecule is O=C1C=CC2(C=C1)CNC(=O)C2(Cl)Cl. The average molecular weight is 232 g/mol. The lowest BCUT2D eigenvalue weighted by Gasteiger charge is -2.29. The maximum absolute atomic E-state index is 11.3. The molecular weight excluding hydrogens is 225 g/mol. The lowest BCUT2D eigenvalue weighted by molar-refractivity contribution is -0.120. The van der Waals surface area contributed by atoms with Crippen LogP contribution in [0.5, 0.6) is 0 Å². The van der Waals surface area contributed by atoms with Crippen molar-refractivity contribution in [2.45, 2.75) is 4.33 Å². The van der Waals surface area contributed by atoms with Gasteiger partial charge in [-0.05, 0) is 12.2 Å². The minimum Gasteiger partial charge on any atom is -0.352 e. The molecule has 74 valence electrons. The van der Waals surface area contributed by atoms with Gasteiger partial charge in [0.2, 0.25) is 4.33 Å². The lowest BCUT2D eigenvalue weighted by atomic mass is 9.82. The molecule has 0 unspecified atom stereocenters. The highest BCUT2D eigenvalue weighted by atomic mass is 35.5. The molecule has 0 bridgehead atoms. The molecule has 0 radical (unpaired) electrons. The summed E-state index contributed by atoms with van der Waals surface area (Å²) in [6, 6.07) is 0. The molecule has 1 fully saturated rings. The predicted octanol–water partition coefficient (Wildman–Crippen LogP) is 0.972. The molecule has 0 aromatic heterocycles. The van der Waals surface area contributed by atoms with Gasteiger partial charge in [0, 0.05) is 6.54 Å². The number of halogens is 2. The normalized spacial score (nSPS) is 27.0. The zero-order chi connectivity index (χ0) is 10.4. The fourth-order valence-corrected chi connectivity index (χ4v) is 2.08.